The number of carbonyl (C=O) groups excluding carboxylic acids is 1. The van der Waals surface area contributed by atoms with Crippen LogP contribution in [0.25, 0.3) is 0 Å². The highest BCUT2D eigenvalue weighted by Gasteiger charge is 2.32. The number of nitrogens with zero attached hydrogens (tertiary/aromatic N) is 2. The molecule has 5 nitrogen and oxygen atoms in total. The second-order valence-electron chi connectivity index (χ2n) is 6.93. The number of ether oxygens (including phenoxy) is 2. The molecule has 0 saturated carbocycles. The smallest absolute Gasteiger partial charge is 0.410 e. The van der Waals surface area contributed by atoms with Gasteiger partial charge in [0.25, 0.3) is 0 Å². The Morgan fingerprint density at radius 3 is 2.75 bits per heavy atom. The summed E-state index contributed by atoms with van der Waals surface area (Å²) < 4.78 is 11.1. The van der Waals surface area contributed by atoms with Crippen molar-refractivity contribution in [2.75, 3.05) is 33.3 Å². The van der Waals surface area contributed by atoms with Crippen molar-refractivity contribution in [3.63, 3.8) is 0 Å². The molecule has 116 valence electrons. The van der Waals surface area contributed by atoms with Crippen LogP contribution in [-0.4, -0.2) is 66.9 Å². The largest absolute Gasteiger partial charge is 0.444 e. The molecule has 2 rings (SSSR count). The van der Waals surface area contributed by atoms with Gasteiger partial charge in [-0.15, -0.1) is 0 Å². The van der Waals surface area contributed by atoms with Gasteiger partial charge >= 0.3 is 6.09 Å². The van der Waals surface area contributed by atoms with Crippen LogP contribution >= 0.6 is 0 Å². The monoisotopic (exact) mass is 284 g/mol. The molecular formula is C15H28N2O3. The summed E-state index contributed by atoms with van der Waals surface area (Å²) >= 11 is 0. The molecule has 0 aliphatic carbocycles. The van der Waals surface area contributed by atoms with Gasteiger partial charge in [-0.1, -0.05) is 0 Å². The van der Waals surface area contributed by atoms with Crippen LogP contribution in [-0.2, 0) is 9.47 Å². The SMILES string of the molecule is CN(C(=O)OC(C)(C)C)C1CCN(CC2CCCO2)C1. The van der Waals surface area contributed by atoms with Crippen LogP contribution in [0.1, 0.15) is 40.0 Å². The molecule has 5 heteroatoms. The molecule has 2 saturated heterocycles. The zero-order valence-corrected chi connectivity index (χ0v) is 13.2. The third kappa shape index (κ3) is 4.35. The maximum absolute atomic E-state index is 12.1. The molecule has 2 atom stereocenters. The molecule has 0 aromatic carbocycles. The predicted molar refractivity (Wildman–Crippen MR) is 77.8 cm³/mol. The number of rotatable bonds is 3. The van der Waals surface area contributed by atoms with Gasteiger partial charge in [-0.25, -0.2) is 4.79 Å². The topological polar surface area (TPSA) is 42.0 Å². The van der Waals surface area contributed by atoms with E-state index in [-0.39, 0.29) is 12.1 Å². The van der Waals surface area contributed by atoms with Gasteiger partial charge in [0.2, 0.25) is 0 Å². The van der Waals surface area contributed by atoms with Crippen LogP contribution in [0.4, 0.5) is 4.79 Å². The second-order valence-corrected chi connectivity index (χ2v) is 6.93. The van der Waals surface area contributed by atoms with E-state index in [1.807, 2.05) is 27.8 Å². The fourth-order valence-electron chi connectivity index (χ4n) is 2.85. The van der Waals surface area contributed by atoms with Crippen molar-refractivity contribution < 1.29 is 14.3 Å². The van der Waals surface area contributed by atoms with Gasteiger partial charge < -0.3 is 14.4 Å². The Balaban J connectivity index is 1.77. The van der Waals surface area contributed by atoms with Crippen molar-refractivity contribution in [1.82, 2.24) is 9.80 Å². The number of amides is 1. The zero-order valence-electron chi connectivity index (χ0n) is 13.2. The van der Waals surface area contributed by atoms with Gasteiger partial charge in [-0.2, -0.15) is 0 Å². The highest BCUT2D eigenvalue weighted by molar-refractivity contribution is 5.68. The predicted octanol–water partition coefficient (Wildman–Crippen LogP) is 2.11. The quantitative estimate of drug-likeness (QED) is 0.796. The third-order valence-corrected chi connectivity index (χ3v) is 3.96. The van der Waals surface area contributed by atoms with E-state index < -0.39 is 5.60 Å². The van der Waals surface area contributed by atoms with E-state index in [1.54, 1.807) is 4.90 Å². The second kappa shape index (κ2) is 6.31. The summed E-state index contributed by atoms with van der Waals surface area (Å²) in [5, 5.41) is 0. The number of hydrogen-bond acceptors (Lipinski definition) is 4. The molecular weight excluding hydrogens is 256 g/mol. The molecule has 2 unspecified atom stereocenters. The van der Waals surface area contributed by atoms with Crippen LogP contribution in [0.3, 0.4) is 0 Å². The van der Waals surface area contributed by atoms with Crippen molar-refractivity contribution in [2.45, 2.75) is 57.8 Å². The molecule has 0 N–H and O–H groups in total. The van der Waals surface area contributed by atoms with Gasteiger partial charge in [0.05, 0.1) is 6.10 Å². The average Bonchev–Trinajstić information content (AvgIpc) is 2.97. The van der Waals surface area contributed by atoms with E-state index in [2.05, 4.69) is 4.90 Å². The van der Waals surface area contributed by atoms with Gasteiger partial charge in [-0.05, 0) is 40.0 Å². The van der Waals surface area contributed by atoms with Crippen molar-refractivity contribution >= 4 is 6.09 Å². The first-order chi connectivity index (χ1) is 9.35. The highest BCUT2D eigenvalue weighted by Crippen LogP contribution is 2.20. The maximum atomic E-state index is 12.1. The fraction of sp³-hybridized carbons (Fsp3) is 0.933. The number of carbonyl (C=O) groups is 1. The summed E-state index contributed by atoms with van der Waals surface area (Å²) in [4.78, 5) is 16.2. The first-order valence-electron chi connectivity index (χ1n) is 7.65. The number of likely N-dealkylation sites (N-methyl/N-ethyl adjacent to an activating group) is 1. The molecule has 1 amide bonds. The van der Waals surface area contributed by atoms with E-state index in [4.69, 9.17) is 9.47 Å². The Hall–Kier alpha value is -0.810. The Kier molecular flexibility index (Phi) is 4.91. The van der Waals surface area contributed by atoms with Crippen molar-refractivity contribution in [2.24, 2.45) is 0 Å². The van der Waals surface area contributed by atoms with Gasteiger partial charge in [0.15, 0.2) is 0 Å². The minimum absolute atomic E-state index is 0.221. The Morgan fingerprint density at radius 2 is 2.15 bits per heavy atom. The lowest BCUT2D eigenvalue weighted by atomic mass is 10.2. The summed E-state index contributed by atoms with van der Waals surface area (Å²) in [6, 6.07) is 0.256. The minimum Gasteiger partial charge on any atom is -0.444 e. The summed E-state index contributed by atoms with van der Waals surface area (Å²) in [5.41, 5.74) is -0.429. The van der Waals surface area contributed by atoms with E-state index in [9.17, 15) is 4.79 Å². The molecule has 2 aliphatic heterocycles. The van der Waals surface area contributed by atoms with Crippen LogP contribution in [0, 0.1) is 0 Å². The third-order valence-electron chi connectivity index (χ3n) is 3.96. The van der Waals surface area contributed by atoms with Crippen LogP contribution in [0.2, 0.25) is 0 Å². The van der Waals surface area contributed by atoms with Crippen LogP contribution < -0.4 is 0 Å². The van der Waals surface area contributed by atoms with E-state index in [1.165, 1.54) is 12.8 Å². The molecule has 2 heterocycles. The molecule has 20 heavy (non-hydrogen) atoms. The fourth-order valence-corrected chi connectivity index (χ4v) is 2.85. The molecule has 0 aromatic heterocycles. The Bertz CT molecular complexity index is 335. The summed E-state index contributed by atoms with van der Waals surface area (Å²) in [7, 11) is 1.84. The van der Waals surface area contributed by atoms with E-state index in [0.29, 0.717) is 6.10 Å². The summed E-state index contributed by atoms with van der Waals surface area (Å²) in [5.74, 6) is 0. The van der Waals surface area contributed by atoms with E-state index in [0.717, 1.165) is 32.7 Å². The summed E-state index contributed by atoms with van der Waals surface area (Å²) in [6.07, 6.45) is 3.53. The maximum Gasteiger partial charge on any atom is 0.410 e. The Morgan fingerprint density at radius 1 is 1.40 bits per heavy atom. The number of likely N-dealkylation sites (tertiary alicyclic amines) is 1. The molecule has 0 aromatic rings. The summed E-state index contributed by atoms with van der Waals surface area (Å²) in [6.45, 7) is 9.57. The Labute approximate surface area is 122 Å². The van der Waals surface area contributed by atoms with Crippen LogP contribution in [0.15, 0.2) is 0 Å². The molecule has 0 bridgehead atoms. The molecule has 0 radical (unpaired) electrons. The molecule has 2 aliphatic rings. The van der Waals surface area contributed by atoms with Crippen molar-refractivity contribution in [1.29, 1.82) is 0 Å². The van der Waals surface area contributed by atoms with E-state index >= 15 is 0 Å². The highest BCUT2D eigenvalue weighted by atomic mass is 16.6. The van der Waals surface area contributed by atoms with Gasteiger partial charge in [0.1, 0.15) is 5.60 Å². The molecule has 2 fully saturated rings. The lowest BCUT2D eigenvalue weighted by Crippen LogP contribution is -2.42. The van der Waals surface area contributed by atoms with Gasteiger partial charge in [-0.3, -0.25) is 4.90 Å². The van der Waals surface area contributed by atoms with Crippen LogP contribution in [0.5, 0.6) is 0 Å². The number of hydrogen-bond donors (Lipinski definition) is 0. The van der Waals surface area contributed by atoms with Gasteiger partial charge in [0, 0.05) is 39.3 Å². The lowest BCUT2D eigenvalue weighted by Gasteiger charge is -2.29. The normalized spacial score (nSPS) is 27.8. The van der Waals surface area contributed by atoms with Crippen molar-refractivity contribution in [3.8, 4) is 0 Å². The lowest BCUT2D eigenvalue weighted by molar-refractivity contribution is 0.0222. The first-order valence-corrected chi connectivity index (χ1v) is 7.65. The minimum atomic E-state index is -0.429. The zero-order chi connectivity index (χ0) is 14.8. The standard InChI is InChI=1S/C15H28N2O3/c1-15(2,3)20-14(18)16(4)12-7-8-17(10-12)11-13-6-5-9-19-13/h12-13H,5-11H2,1-4H3. The average molecular weight is 284 g/mol. The van der Waals surface area contributed by atoms with Crippen molar-refractivity contribution in [3.05, 3.63) is 0 Å². The first kappa shape index (κ1) is 15.6. The molecule has 0 spiro atoms.